The first kappa shape index (κ1) is 15.1. The van der Waals surface area contributed by atoms with Gasteiger partial charge in [-0.25, -0.2) is 12.8 Å². The number of anilines is 1. The third-order valence-electron chi connectivity index (χ3n) is 2.45. The molecule has 0 saturated carbocycles. The molecule has 0 bridgehead atoms. The summed E-state index contributed by atoms with van der Waals surface area (Å²) in [5.41, 5.74) is 5.85. The van der Waals surface area contributed by atoms with E-state index in [-0.39, 0.29) is 34.3 Å². The second-order valence-electron chi connectivity index (χ2n) is 3.82. The Bertz CT molecular complexity index is 543. The van der Waals surface area contributed by atoms with Crippen LogP contribution >= 0.6 is 0 Å². The predicted molar refractivity (Wildman–Crippen MR) is 71.0 cm³/mol. The highest BCUT2D eigenvalue weighted by Crippen LogP contribution is 2.18. The summed E-state index contributed by atoms with van der Waals surface area (Å²) < 4.78 is 47.4. The maximum atomic E-state index is 13.0. The van der Waals surface area contributed by atoms with E-state index in [9.17, 15) is 17.0 Å². The van der Waals surface area contributed by atoms with Crippen LogP contribution in [0.3, 0.4) is 0 Å². The molecule has 4 nitrogen and oxygen atoms in total. The summed E-state index contributed by atoms with van der Waals surface area (Å²) in [5.74, 6) is -0.284. The van der Waals surface area contributed by atoms with E-state index in [2.05, 4.69) is 0 Å². The highest BCUT2D eigenvalue weighted by Gasteiger charge is 2.12. The van der Waals surface area contributed by atoms with Gasteiger partial charge in [0.25, 0.3) is 0 Å². The third-order valence-corrected chi connectivity index (χ3v) is 5.74. The minimum absolute atomic E-state index is 0.00946. The van der Waals surface area contributed by atoms with Gasteiger partial charge in [0.15, 0.2) is 0 Å². The van der Waals surface area contributed by atoms with E-state index in [0.29, 0.717) is 0 Å². The molecule has 1 atom stereocenters. The van der Waals surface area contributed by atoms with E-state index in [1.807, 2.05) is 0 Å². The molecule has 0 aliphatic heterocycles. The Kier molecular flexibility index (Phi) is 5.28. The molecule has 7 heteroatoms. The molecule has 0 radical (unpaired) electrons. The second-order valence-corrected chi connectivity index (χ2v) is 7.83. The lowest BCUT2D eigenvalue weighted by molar-refractivity contribution is 0.596. The first-order chi connectivity index (χ1) is 8.35. The monoisotopic (exact) mass is 293 g/mol. The minimum atomic E-state index is -3.06. The molecule has 0 saturated heterocycles. The standard InChI is InChI=1S/C11H16FNO3S2/c1-2-18(15,16)7-3-6-17(14)11-8-9(12)4-5-10(11)13/h4-5,8H,2-3,6-7,13H2,1H3. The molecule has 1 rings (SSSR count). The topological polar surface area (TPSA) is 77.2 Å². The number of halogens is 1. The van der Waals surface area contributed by atoms with Gasteiger partial charge in [0.2, 0.25) is 0 Å². The Morgan fingerprint density at radius 1 is 1.39 bits per heavy atom. The van der Waals surface area contributed by atoms with Gasteiger partial charge in [-0.3, -0.25) is 4.21 Å². The van der Waals surface area contributed by atoms with Crippen LogP contribution in [-0.2, 0) is 20.6 Å². The van der Waals surface area contributed by atoms with Crippen molar-refractivity contribution in [2.75, 3.05) is 23.0 Å². The number of nitrogens with two attached hydrogens (primary N) is 1. The summed E-state index contributed by atoms with van der Waals surface area (Å²) in [5, 5.41) is 0. The molecule has 0 fully saturated rings. The first-order valence-corrected chi connectivity index (χ1v) is 8.63. The molecule has 0 aliphatic carbocycles. The molecule has 0 aromatic heterocycles. The van der Waals surface area contributed by atoms with Crippen LogP contribution in [0.5, 0.6) is 0 Å². The number of benzene rings is 1. The first-order valence-electron chi connectivity index (χ1n) is 5.49. The maximum Gasteiger partial charge on any atom is 0.150 e. The Hall–Kier alpha value is -0.950. The number of sulfone groups is 1. The molecule has 0 aliphatic rings. The zero-order valence-electron chi connectivity index (χ0n) is 10.1. The van der Waals surface area contributed by atoms with Gasteiger partial charge in [-0.05, 0) is 24.6 Å². The third kappa shape index (κ3) is 4.38. The van der Waals surface area contributed by atoms with Crippen molar-refractivity contribution in [2.24, 2.45) is 0 Å². The SMILES string of the molecule is CCS(=O)(=O)CCCS(=O)c1cc(F)ccc1N. The van der Waals surface area contributed by atoms with Crippen molar-refractivity contribution < 1.29 is 17.0 Å². The van der Waals surface area contributed by atoms with E-state index < -0.39 is 26.5 Å². The maximum absolute atomic E-state index is 13.0. The molecule has 18 heavy (non-hydrogen) atoms. The number of nitrogen functional groups attached to an aromatic ring is 1. The van der Waals surface area contributed by atoms with E-state index in [0.717, 1.165) is 6.07 Å². The van der Waals surface area contributed by atoms with Gasteiger partial charge >= 0.3 is 0 Å². The fourth-order valence-electron chi connectivity index (χ4n) is 1.37. The molecular weight excluding hydrogens is 277 g/mol. The van der Waals surface area contributed by atoms with E-state index >= 15 is 0 Å². The number of rotatable bonds is 6. The van der Waals surface area contributed by atoms with E-state index in [1.54, 1.807) is 6.92 Å². The zero-order valence-corrected chi connectivity index (χ0v) is 11.7. The molecule has 102 valence electrons. The van der Waals surface area contributed by atoms with Gasteiger partial charge in [0.1, 0.15) is 15.7 Å². The summed E-state index contributed by atoms with van der Waals surface area (Å²) in [4.78, 5) is 0.226. The quantitative estimate of drug-likeness (QED) is 0.803. The Balaban J connectivity index is 2.64. The van der Waals surface area contributed by atoms with E-state index in [1.165, 1.54) is 12.1 Å². The van der Waals surface area contributed by atoms with Gasteiger partial charge in [-0.1, -0.05) is 6.92 Å². The van der Waals surface area contributed by atoms with Crippen LogP contribution in [0.15, 0.2) is 23.1 Å². The smallest absolute Gasteiger partial charge is 0.150 e. The lowest BCUT2D eigenvalue weighted by atomic mass is 10.3. The van der Waals surface area contributed by atoms with Crippen molar-refractivity contribution in [3.63, 3.8) is 0 Å². The van der Waals surface area contributed by atoms with Gasteiger partial charge in [0.05, 0.1) is 21.4 Å². The molecule has 1 aromatic carbocycles. The van der Waals surface area contributed by atoms with Gasteiger partial charge in [-0.15, -0.1) is 0 Å². The largest absolute Gasteiger partial charge is 0.398 e. The molecule has 1 unspecified atom stereocenters. The molecule has 0 amide bonds. The summed E-state index contributed by atoms with van der Waals surface area (Å²) in [6.45, 7) is 1.57. The van der Waals surface area contributed by atoms with Gasteiger partial charge in [0, 0.05) is 17.2 Å². The van der Waals surface area contributed by atoms with Gasteiger partial charge in [-0.2, -0.15) is 0 Å². The van der Waals surface area contributed by atoms with Crippen LogP contribution in [0.2, 0.25) is 0 Å². The summed E-state index contributed by atoms with van der Waals surface area (Å²) >= 11 is 0. The fraction of sp³-hybridized carbons (Fsp3) is 0.455. The van der Waals surface area contributed by atoms with Crippen molar-refractivity contribution in [1.29, 1.82) is 0 Å². The summed E-state index contributed by atoms with van der Waals surface area (Å²) in [6.07, 6.45) is 0.277. The van der Waals surface area contributed by atoms with Crippen molar-refractivity contribution >= 4 is 26.3 Å². The fourth-order valence-corrected chi connectivity index (χ4v) is 3.63. The Labute approximate surface area is 109 Å². The average Bonchev–Trinajstić information content (AvgIpc) is 2.32. The average molecular weight is 293 g/mol. The normalized spacial score (nSPS) is 13.4. The van der Waals surface area contributed by atoms with Crippen LogP contribution in [0.4, 0.5) is 10.1 Å². The lowest BCUT2D eigenvalue weighted by Gasteiger charge is -2.06. The van der Waals surface area contributed by atoms with Crippen LogP contribution in [0, 0.1) is 5.82 Å². The molecular formula is C11H16FNO3S2. The minimum Gasteiger partial charge on any atom is -0.398 e. The van der Waals surface area contributed by atoms with Crippen LogP contribution < -0.4 is 5.73 Å². The molecule has 0 heterocycles. The predicted octanol–water partition coefficient (Wildman–Crippen LogP) is 1.34. The lowest BCUT2D eigenvalue weighted by Crippen LogP contribution is -2.12. The van der Waals surface area contributed by atoms with Crippen LogP contribution in [0.25, 0.3) is 0 Å². The number of hydrogen-bond donors (Lipinski definition) is 1. The van der Waals surface area contributed by atoms with Crippen molar-refractivity contribution in [3.8, 4) is 0 Å². The van der Waals surface area contributed by atoms with E-state index in [4.69, 9.17) is 5.73 Å². The highest BCUT2D eigenvalue weighted by atomic mass is 32.2. The Morgan fingerprint density at radius 2 is 2.06 bits per heavy atom. The second kappa shape index (κ2) is 6.29. The van der Waals surface area contributed by atoms with Crippen molar-refractivity contribution in [2.45, 2.75) is 18.2 Å². The van der Waals surface area contributed by atoms with Crippen LogP contribution in [0.1, 0.15) is 13.3 Å². The van der Waals surface area contributed by atoms with Crippen molar-refractivity contribution in [3.05, 3.63) is 24.0 Å². The zero-order chi connectivity index (χ0) is 13.8. The molecule has 2 N–H and O–H groups in total. The van der Waals surface area contributed by atoms with Crippen LogP contribution in [-0.4, -0.2) is 29.9 Å². The Morgan fingerprint density at radius 3 is 2.67 bits per heavy atom. The summed E-state index contributed by atoms with van der Waals surface area (Å²) in [6, 6.07) is 3.67. The number of hydrogen-bond acceptors (Lipinski definition) is 4. The highest BCUT2D eigenvalue weighted by molar-refractivity contribution is 7.91. The summed E-state index contributed by atoms with van der Waals surface area (Å²) in [7, 11) is -4.53. The van der Waals surface area contributed by atoms with Crippen molar-refractivity contribution in [1.82, 2.24) is 0 Å². The van der Waals surface area contributed by atoms with Gasteiger partial charge < -0.3 is 5.73 Å². The molecule has 1 aromatic rings. The molecule has 0 spiro atoms.